The van der Waals surface area contributed by atoms with Crippen LogP contribution in [0.25, 0.3) is 34.2 Å². The van der Waals surface area contributed by atoms with Crippen molar-refractivity contribution in [2.24, 2.45) is 5.73 Å². The molecule has 3 fully saturated rings. The average Bonchev–Trinajstić information content (AvgIpc) is 1.54. The summed E-state index contributed by atoms with van der Waals surface area (Å²) >= 11 is 17.3. The maximum Gasteiger partial charge on any atom is 0.417 e. The smallest absolute Gasteiger partial charge is 0.417 e. The van der Waals surface area contributed by atoms with Crippen molar-refractivity contribution in [2.75, 3.05) is 34.9 Å². The number of nitrogens with one attached hydrogen (secondary N) is 2. The Hall–Kier alpha value is -10.1. The van der Waals surface area contributed by atoms with E-state index in [2.05, 4.69) is 60.2 Å². The number of alkyl carbamates (subject to hydrolysis) is 1. The van der Waals surface area contributed by atoms with Gasteiger partial charge in [0, 0.05) is 22.7 Å². The van der Waals surface area contributed by atoms with Crippen LogP contribution in [0.2, 0.25) is 15.9 Å². The van der Waals surface area contributed by atoms with E-state index < -0.39 is 12.2 Å². The quantitative estimate of drug-likeness (QED) is 0.0759. The first-order valence-corrected chi connectivity index (χ1v) is 31.7. The van der Waals surface area contributed by atoms with E-state index in [-0.39, 0.29) is 76.5 Å². The standard InChI is InChI=1S/C28H27N5O3.C14H13ClN4O2.C14H15NO.C9H5Cl2N3.C5H9NO2.ClH/c1-3-22-18-35-28(34)33(22)27-31-25(21-10-6-4-7-11-21)30-26(32-27)29-19(2)20-14-16-24(17-15-20)36-23-12-8-5-9-13-23;1-2-10-8-21-14(20)19(10)13-17-11(16-12(15)18-13)9-6-4-3-5-7-9;1-11(15)12-7-9-14(10-8-12)16-13-5-3-2-4-6-13;10-8-12-7(13-9(11)14-8)6-4-2-1-3-5-6;1-2-4-3-8-5(7)6-4;/h4-17,19,22H,3,18H2,1-2H3,(H,29,30,31,32);3-7,10H,2,8H2,1H3;2-11H,15H2,1H3;1-5H;4H,2-3H2,1H3,(H,6,7);1H/t19-,22-;10-;11-;;4-;/m000.0./s1. The van der Waals surface area contributed by atoms with Crippen LogP contribution in [-0.2, 0) is 14.2 Å². The minimum Gasteiger partial charge on any atom is -0.457 e. The third-order valence-corrected chi connectivity index (χ3v) is 15.0. The third-order valence-electron chi connectivity index (χ3n) is 14.5. The summed E-state index contributed by atoms with van der Waals surface area (Å²) < 4.78 is 26.5. The number of aromatic nitrogens is 9. The van der Waals surface area contributed by atoms with Crippen LogP contribution in [0.4, 0.5) is 32.2 Å². The highest BCUT2D eigenvalue weighted by Gasteiger charge is 2.37. The van der Waals surface area contributed by atoms with Crippen molar-refractivity contribution in [1.29, 1.82) is 0 Å². The molecule has 3 aliphatic heterocycles. The number of amides is 3. The van der Waals surface area contributed by atoms with Crippen molar-refractivity contribution in [3.63, 3.8) is 0 Å². The van der Waals surface area contributed by atoms with Crippen molar-refractivity contribution in [2.45, 2.75) is 84.1 Å². The van der Waals surface area contributed by atoms with Gasteiger partial charge in [-0.1, -0.05) is 172 Å². The first-order valence-electron chi connectivity index (χ1n) is 30.6. The predicted octanol–water partition coefficient (Wildman–Crippen LogP) is 16.4. The van der Waals surface area contributed by atoms with Crippen LogP contribution in [-0.4, -0.2) is 101 Å². The molecule has 496 valence electrons. The first-order chi connectivity index (χ1) is 46.1. The van der Waals surface area contributed by atoms with Gasteiger partial charge in [0.1, 0.15) is 42.8 Å². The van der Waals surface area contributed by atoms with Crippen LogP contribution in [0.1, 0.15) is 77.1 Å². The molecule has 96 heavy (non-hydrogen) atoms. The highest BCUT2D eigenvalue weighted by Crippen LogP contribution is 2.30. The van der Waals surface area contributed by atoms with E-state index in [1.807, 2.05) is 235 Å². The molecule has 13 rings (SSSR count). The monoisotopic (exact) mass is 1370 g/mol. The molecule has 3 saturated heterocycles. The number of hydrogen-bond acceptors (Lipinski definition) is 19. The second-order valence-electron chi connectivity index (χ2n) is 21.3. The molecule has 26 heteroatoms. The molecule has 3 aromatic heterocycles. The van der Waals surface area contributed by atoms with Gasteiger partial charge >= 0.3 is 18.3 Å². The van der Waals surface area contributed by atoms with Crippen molar-refractivity contribution in [1.82, 2.24) is 50.2 Å². The van der Waals surface area contributed by atoms with Gasteiger partial charge < -0.3 is 40.1 Å². The fourth-order valence-electron chi connectivity index (χ4n) is 9.31. The van der Waals surface area contributed by atoms with E-state index in [4.69, 9.17) is 59.5 Å². The number of halogens is 4. The topological polar surface area (TPSA) is 270 Å². The van der Waals surface area contributed by atoms with Gasteiger partial charge in [-0.15, -0.1) is 12.4 Å². The molecule has 10 aromatic rings. The van der Waals surface area contributed by atoms with Crippen LogP contribution in [0.3, 0.4) is 0 Å². The molecule has 22 nitrogen and oxygen atoms in total. The highest BCUT2D eigenvalue weighted by molar-refractivity contribution is 6.31. The molecule has 0 spiro atoms. The lowest BCUT2D eigenvalue weighted by molar-refractivity contribution is 0.176. The number of nitrogens with zero attached hydrogens (tertiary/aromatic N) is 11. The Labute approximate surface area is 577 Å². The van der Waals surface area contributed by atoms with Crippen LogP contribution >= 0.6 is 47.2 Å². The highest BCUT2D eigenvalue weighted by atomic mass is 35.5. The number of anilines is 3. The van der Waals surface area contributed by atoms with E-state index in [0.717, 1.165) is 70.1 Å². The lowest BCUT2D eigenvalue weighted by atomic mass is 10.1. The van der Waals surface area contributed by atoms with Gasteiger partial charge in [-0.05, 0) is 128 Å². The number of para-hydroxylation sites is 2. The number of cyclic esters (lactones) is 3. The lowest BCUT2D eigenvalue weighted by Gasteiger charge is -2.20. The number of benzene rings is 7. The Bertz CT molecular complexity index is 4060. The van der Waals surface area contributed by atoms with Gasteiger partial charge in [-0.3, -0.25) is 0 Å². The van der Waals surface area contributed by atoms with Gasteiger partial charge in [0.25, 0.3) is 0 Å². The van der Waals surface area contributed by atoms with Gasteiger partial charge in [-0.25, -0.2) is 24.2 Å². The van der Waals surface area contributed by atoms with Gasteiger partial charge in [0.2, 0.25) is 33.7 Å². The molecule has 4 N–H and O–H groups in total. The number of nitrogens with two attached hydrogens (primary N) is 1. The molecule has 7 aromatic carbocycles. The average molecular weight is 1380 g/mol. The van der Waals surface area contributed by atoms with Crippen molar-refractivity contribution >= 4 is 83.3 Å². The Balaban J connectivity index is 0.000000167. The zero-order valence-electron chi connectivity index (χ0n) is 53.0. The SMILES string of the molecule is CC[C@H]1COC(=O)N1.CC[C@H]1COC(=O)N1c1nc(Cl)nc(-c2ccccc2)n1.CC[C@H]1COC(=O)N1c1nc(N[C@@H](C)c2ccc(Oc3ccccc3)cc2)nc(-c2ccccc2)n1.C[C@H](N)c1ccc(Oc2ccccc2)cc1.Cl.Clc1nc(Cl)nc(-c2ccccc2)n1. The van der Waals surface area contributed by atoms with Gasteiger partial charge in [0.15, 0.2) is 17.5 Å². The third kappa shape index (κ3) is 20.7. The maximum absolute atomic E-state index is 12.5. The van der Waals surface area contributed by atoms with Crippen LogP contribution in [0, 0.1) is 0 Å². The second-order valence-corrected chi connectivity index (χ2v) is 22.3. The molecule has 0 saturated carbocycles. The fourth-order valence-corrected chi connectivity index (χ4v) is 9.83. The molecule has 5 atom stereocenters. The summed E-state index contributed by atoms with van der Waals surface area (Å²) in [7, 11) is 0. The Morgan fingerprint density at radius 2 is 0.844 bits per heavy atom. The molecule has 6 heterocycles. The number of rotatable bonds is 16. The minimum atomic E-state index is -0.455. The summed E-state index contributed by atoms with van der Waals surface area (Å²) in [4.78, 5) is 75.5. The number of hydrogen-bond donors (Lipinski definition) is 3. The van der Waals surface area contributed by atoms with E-state index in [0.29, 0.717) is 43.2 Å². The summed E-state index contributed by atoms with van der Waals surface area (Å²) in [5, 5.41) is 6.26. The Morgan fingerprint density at radius 3 is 1.23 bits per heavy atom. The minimum absolute atomic E-state index is 0. The summed E-state index contributed by atoms with van der Waals surface area (Å²) in [6.07, 6.45) is 1.25. The van der Waals surface area contributed by atoms with E-state index in [9.17, 15) is 14.4 Å². The summed E-state index contributed by atoms with van der Waals surface area (Å²) in [6, 6.07) is 63.6. The van der Waals surface area contributed by atoms with Crippen molar-refractivity contribution in [3.05, 3.63) is 227 Å². The second kappa shape index (κ2) is 36.0. The van der Waals surface area contributed by atoms with E-state index in [1.165, 1.54) is 9.80 Å². The first kappa shape index (κ1) is 71.7. The van der Waals surface area contributed by atoms with Gasteiger partial charge in [-0.2, -0.15) is 44.9 Å². The van der Waals surface area contributed by atoms with E-state index >= 15 is 0 Å². The Kier molecular flexibility index (Phi) is 26.9. The number of carbonyl (C=O) groups is 3. The van der Waals surface area contributed by atoms with Crippen molar-refractivity contribution < 1.29 is 38.1 Å². The van der Waals surface area contributed by atoms with Gasteiger partial charge in [0.05, 0.1) is 24.2 Å². The summed E-state index contributed by atoms with van der Waals surface area (Å²) in [5.74, 6) is 5.49. The normalized spacial score (nSPS) is 15.6. The largest absolute Gasteiger partial charge is 0.457 e. The van der Waals surface area contributed by atoms with Crippen molar-refractivity contribution in [3.8, 4) is 57.2 Å². The maximum atomic E-state index is 12.5. The molecule has 3 amide bonds. The zero-order valence-corrected chi connectivity index (χ0v) is 56.1. The molecular formula is C70H70Cl4N14O8. The van der Waals surface area contributed by atoms with Crippen LogP contribution in [0.15, 0.2) is 200 Å². The molecule has 3 aliphatic rings. The summed E-state index contributed by atoms with van der Waals surface area (Å²) in [6.45, 7) is 11.2. The zero-order chi connectivity index (χ0) is 67.1. The molecule has 0 aliphatic carbocycles. The number of carbonyl (C=O) groups excluding carboxylic acids is 3. The molecular weight excluding hydrogens is 1310 g/mol. The summed E-state index contributed by atoms with van der Waals surface area (Å²) in [5.41, 5.74) is 10.4. The molecule has 0 radical (unpaired) electrons. The molecule has 0 unspecified atom stereocenters. The van der Waals surface area contributed by atoms with Crippen LogP contribution in [0.5, 0.6) is 23.0 Å². The predicted molar refractivity (Wildman–Crippen MR) is 373 cm³/mol. The molecule has 0 bridgehead atoms. The fraction of sp³-hybridized carbons (Fsp3) is 0.229. The van der Waals surface area contributed by atoms with E-state index in [1.54, 1.807) is 0 Å². The Morgan fingerprint density at radius 1 is 0.469 bits per heavy atom. The van der Waals surface area contributed by atoms with Crippen LogP contribution < -0.4 is 35.6 Å². The number of ether oxygens (including phenoxy) is 5. The lowest BCUT2D eigenvalue weighted by Crippen LogP contribution is -2.34.